The molecule has 0 saturated carbocycles. The number of halogens is 1. The Morgan fingerprint density at radius 2 is 2.20 bits per heavy atom. The van der Waals surface area contributed by atoms with Gasteiger partial charge in [-0.1, -0.05) is 11.6 Å². The number of carbonyl (C=O) groups is 1. The second-order valence-electron chi connectivity index (χ2n) is 5.60. The maximum absolute atomic E-state index is 12.6. The summed E-state index contributed by atoms with van der Waals surface area (Å²) in [6, 6.07) is 8.59. The zero-order valence-electron chi connectivity index (χ0n) is 13.1. The molecule has 1 N–H and O–H groups in total. The number of hydrogen-bond acceptors (Lipinski definition) is 5. The average molecular weight is 374 g/mol. The molecular formula is C17H12ClN3O3S. The van der Waals surface area contributed by atoms with E-state index in [1.807, 2.05) is 5.38 Å². The molecule has 0 spiro atoms. The van der Waals surface area contributed by atoms with Crippen LogP contribution in [0.25, 0.3) is 21.2 Å². The predicted octanol–water partition coefficient (Wildman–Crippen LogP) is 3.66. The number of aromatic amines is 1. The molecular weight excluding hydrogens is 362 g/mol. The highest BCUT2D eigenvalue weighted by Crippen LogP contribution is 2.24. The van der Waals surface area contributed by atoms with E-state index in [1.54, 1.807) is 37.4 Å². The van der Waals surface area contributed by atoms with Crippen LogP contribution >= 0.6 is 22.9 Å². The molecule has 1 amide bonds. The number of nitrogens with zero attached hydrogens (tertiary/aromatic N) is 2. The third kappa shape index (κ3) is 2.92. The number of nitrogens with one attached hydrogen (secondary N) is 1. The van der Waals surface area contributed by atoms with Gasteiger partial charge in [0.05, 0.1) is 12.1 Å². The number of amides is 1. The maximum Gasteiger partial charge on any atom is 0.289 e. The highest BCUT2D eigenvalue weighted by atomic mass is 35.5. The van der Waals surface area contributed by atoms with Crippen molar-refractivity contribution in [2.75, 3.05) is 7.05 Å². The van der Waals surface area contributed by atoms with Gasteiger partial charge < -0.3 is 14.3 Å². The lowest BCUT2D eigenvalue weighted by Crippen LogP contribution is -2.27. The molecule has 0 saturated heterocycles. The first-order chi connectivity index (χ1) is 12.0. The number of H-pyrrole nitrogens is 1. The smallest absolute Gasteiger partial charge is 0.289 e. The highest BCUT2D eigenvalue weighted by Gasteiger charge is 2.18. The van der Waals surface area contributed by atoms with E-state index in [9.17, 15) is 9.59 Å². The zero-order valence-corrected chi connectivity index (χ0v) is 14.6. The Balaban J connectivity index is 1.61. The van der Waals surface area contributed by atoms with Gasteiger partial charge in [-0.15, -0.1) is 11.3 Å². The second kappa shape index (κ2) is 6.02. The Bertz CT molecular complexity index is 1160. The maximum atomic E-state index is 12.6. The normalized spacial score (nSPS) is 11.3. The number of furan rings is 1. The molecule has 25 heavy (non-hydrogen) atoms. The summed E-state index contributed by atoms with van der Waals surface area (Å²) in [5, 5.41) is 3.15. The Kier molecular flexibility index (Phi) is 3.82. The van der Waals surface area contributed by atoms with E-state index < -0.39 is 0 Å². The number of thiophene rings is 1. The lowest BCUT2D eigenvalue weighted by Gasteiger charge is -2.14. The fourth-order valence-corrected chi connectivity index (χ4v) is 3.51. The monoisotopic (exact) mass is 373 g/mol. The molecule has 6 nitrogen and oxygen atoms in total. The Morgan fingerprint density at radius 1 is 1.36 bits per heavy atom. The summed E-state index contributed by atoms with van der Waals surface area (Å²) < 4.78 is 6.16. The molecule has 0 bridgehead atoms. The van der Waals surface area contributed by atoms with Crippen molar-refractivity contribution in [2.24, 2.45) is 0 Å². The molecule has 3 aromatic heterocycles. The minimum Gasteiger partial charge on any atom is -0.451 e. The summed E-state index contributed by atoms with van der Waals surface area (Å²) in [6.45, 7) is 0.164. The molecule has 0 aliphatic rings. The quantitative estimate of drug-likeness (QED) is 0.594. The Hall–Kier alpha value is -2.64. The van der Waals surface area contributed by atoms with Crippen molar-refractivity contribution in [2.45, 2.75) is 6.54 Å². The number of hydrogen-bond donors (Lipinski definition) is 1. The van der Waals surface area contributed by atoms with Crippen LogP contribution < -0.4 is 5.56 Å². The molecule has 3 heterocycles. The van der Waals surface area contributed by atoms with Crippen LogP contribution in [0, 0.1) is 0 Å². The summed E-state index contributed by atoms with van der Waals surface area (Å²) in [5.41, 5.74) is 1.02. The number of aromatic nitrogens is 2. The van der Waals surface area contributed by atoms with Gasteiger partial charge in [0, 0.05) is 17.5 Å². The van der Waals surface area contributed by atoms with Crippen LogP contribution in [-0.2, 0) is 6.54 Å². The number of fused-ring (bicyclic) bond motifs is 2. The molecule has 4 aromatic rings. The van der Waals surface area contributed by atoms with E-state index in [0.29, 0.717) is 26.6 Å². The van der Waals surface area contributed by atoms with Gasteiger partial charge >= 0.3 is 0 Å². The van der Waals surface area contributed by atoms with Crippen molar-refractivity contribution in [1.82, 2.24) is 14.9 Å². The van der Waals surface area contributed by atoms with Crippen LogP contribution in [0.3, 0.4) is 0 Å². The molecule has 0 unspecified atom stereocenters. The standard InChI is InChI=1S/C17H12ClN3O3S/c1-21(8-14-19-11-4-5-25-15(11)16(22)20-14)17(23)13-7-9-6-10(18)2-3-12(9)24-13/h2-7H,8H2,1H3,(H,19,20,22). The largest absolute Gasteiger partial charge is 0.451 e. The summed E-state index contributed by atoms with van der Waals surface area (Å²) in [5.74, 6) is 0.324. The third-order valence-corrected chi connectivity index (χ3v) is 4.92. The highest BCUT2D eigenvalue weighted by molar-refractivity contribution is 7.17. The van der Waals surface area contributed by atoms with Crippen LogP contribution in [0.2, 0.25) is 5.02 Å². The molecule has 0 atom stereocenters. The average Bonchev–Trinajstić information content (AvgIpc) is 3.20. The fraction of sp³-hybridized carbons (Fsp3) is 0.118. The van der Waals surface area contributed by atoms with Crippen LogP contribution in [0.5, 0.6) is 0 Å². The van der Waals surface area contributed by atoms with Gasteiger partial charge in [-0.3, -0.25) is 9.59 Å². The third-order valence-electron chi connectivity index (χ3n) is 3.79. The van der Waals surface area contributed by atoms with E-state index >= 15 is 0 Å². The van der Waals surface area contributed by atoms with Crippen molar-refractivity contribution >= 4 is 50.0 Å². The summed E-state index contributed by atoms with van der Waals surface area (Å²) in [6.07, 6.45) is 0. The van der Waals surface area contributed by atoms with E-state index in [4.69, 9.17) is 16.0 Å². The Morgan fingerprint density at radius 3 is 3.04 bits per heavy atom. The molecule has 0 radical (unpaired) electrons. The molecule has 8 heteroatoms. The molecule has 4 rings (SSSR count). The molecule has 0 aliphatic heterocycles. The van der Waals surface area contributed by atoms with Crippen molar-refractivity contribution in [3.63, 3.8) is 0 Å². The van der Waals surface area contributed by atoms with Crippen LogP contribution in [0.1, 0.15) is 16.4 Å². The molecule has 1 aromatic carbocycles. The van der Waals surface area contributed by atoms with Crippen LogP contribution in [0.15, 0.2) is 44.9 Å². The minimum atomic E-state index is -0.305. The fourth-order valence-electron chi connectivity index (χ4n) is 2.60. The van der Waals surface area contributed by atoms with Gasteiger partial charge in [-0.2, -0.15) is 0 Å². The number of benzene rings is 1. The van der Waals surface area contributed by atoms with Crippen LogP contribution in [-0.4, -0.2) is 27.8 Å². The van der Waals surface area contributed by atoms with E-state index in [-0.39, 0.29) is 23.8 Å². The molecule has 0 aliphatic carbocycles. The van der Waals surface area contributed by atoms with Crippen molar-refractivity contribution in [3.8, 4) is 0 Å². The van der Waals surface area contributed by atoms with E-state index in [0.717, 1.165) is 5.39 Å². The van der Waals surface area contributed by atoms with Crippen molar-refractivity contribution < 1.29 is 9.21 Å². The van der Waals surface area contributed by atoms with Gasteiger partial charge in [0.1, 0.15) is 16.1 Å². The van der Waals surface area contributed by atoms with Gasteiger partial charge in [-0.25, -0.2) is 4.98 Å². The minimum absolute atomic E-state index is 0.164. The lowest BCUT2D eigenvalue weighted by molar-refractivity contribution is 0.0752. The molecule has 0 fully saturated rings. The van der Waals surface area contributed by atoms with Crippen molar-refractivity contribution in [1.29, 1.82) is 0 Å². The lowest BCUT2D eigenvalue weighted by atomic mass is 10.2. The summed E-state index contributed by atoms with van der Waals surface area (Å²) >= 11 is 7.29. The molecule has 126 valence electrons. The van der Waals surface area contributed by atoms with Gasteiger partial charge in [0.25, 0.3) is 11.5 Å². The van der Waals surface area contributed by atoms with Crippen LogP contribution in [0.4, 0.5) is 0 Å². The number of rotatable bonds is 3. The summed E-state index contributed by atoms with van der Waals surface area (Å²) in [4.78, 5) is 33.1. The SMILES string of the molecule is CN(Cc1nc2ccsc2c(=O)[nH]1)C(=O)c1cc2cc(Cl)ccc2o1. The van der Waals surface area contributed by atoms with E-state index in [2.05, 4.69) is 9.97 Å². The van der Waals surface area contributed by atoms with Crippen molar-refractivity contribution in [3.05, 3.63) is 62.7 Å². The second-order valence-corrected chi connectivity index (χ2v) is 6.95. The topological polar surface area (TPSA) is 79.2 Å². The Labute approximate surface area is 150 Å². The van der Waals surface area contributed by atoms with Gasteiger partial charge in [-0.05, 0) is 35.7 Å². The first-order valence-corrected chi connectivity index (χ1v) is 8.68. The predicted molar refractivity (Wildman–Crippen MR) is 97.3 cm³/mol. The summed E-state index contributed by atoms with van der Waals surface area (Å²) in [7, 11) is 1.63. The first-order valence-electron chi connectivity index (χ1n) is 7.42. The van der Waals surface area contributed by atoms with E-state index in [1.165, 1.54) is 16.2 Å². The first kappa shape index (κ1) is 15.9. The van der Waals surface area contributed by atoms with Gasteiger partial charge in [0.2, 0.25) is 0 Å². The zero-order chi connectivity index (χ0) is 17.6. The van der Waals surface area contributed by atoms with Gasteiger partial charge in [0.15, 0.2) is 5.76 Å². The number of carbonyl (C=O) groups excluding carboxylic acids is 1.